The first-order valence-electron chi connectivity index (χ1n) is 5.97. The van der Waals surface area contributed by atoms with Gasteiger partial charge in [-0.25, -0.2) is 0 Å². The van der Waals surface area contributed by atoms with E-state index >= 15 is 0 Å². The van der Waals surface area contributed by atoms with Crippen LogP contribution in [0, 0.1) is 0 Å². The Labute approximate surface area is 116 Å². The maximum absolute atomic E-state index is 11.8. The predicted octanol–water partition coefficient (Wildman–Crippen LogP) is -0.0325. The van der Waals surface area contributed by atoms with Gasteiger partial charge in [0.15, 0.2) is 0 Å². The van der Waals surface area contributed by atoms with Gasteiger partial charge in [0, 0.05) is 31.8 Å². The molecule has 3 amide bonds. The lowest BCUT2D eigenvalue weighted by Crippen LogP contribution is -2.44. The van der Waals surface area contributed by atoms with Gasteiger partial charge in [0.1, 0.15) is 5.75 Å². The fraction of sp³-hybridized carbons (Fsp3) is 0.308. The molecule has 0 atom stereocenters. The van der Waals surface area contributed by atoms with Crippen molar-refractivity contribution in [3.63, 3.8) is 0 Å². The van der Waals surface area contributed by atoms with Crippen molar-refractivity contribution in [1.82, 2.24) is 4.90 Å². The second-order valence-corrected chi connectivity index (χ2v) is 3.95. The zero-order valence-electron chi connectivity index (χ0n) is 11.4. The highest BCUT2D eigenvalue weighted by Gasteiger charge is 2.24. The van der Waals surface area contributed by atoms with Gasteiger partial charge < -0.3 is 15.8 Å². The Kier molecular flexibility index (Phi) is 5.67. The van der Waals surface area contributed by atoms with Crippen molar-refractivity contribution in [1.29, 1.82) is 0 Å². The van der Waals surface area contributed by atoms with E-state index in [-0.39, 0.29) is 13.1 Å². The Bertz CT molecular complexity index is 516. The zero-order valence-corrected chi connectivity index (χ0v) is 11.4. The third-order valence-electron chi connectivity index (χ3n) is 2.50. The summed E-state index contributed by atoms with van der Waals surface area (Å²) in [7, 11) is 1.49. The van der Waals surface area contributed by atoms with E-state index in [2.05, 4.69) is 5.32 Å². The fourth-order valence-electron chi connectivity index (χ4n) is 1.54. The molecule has 0 unspecified atom stereocenters. The van der Waals surface area contributed by atoms with Gasteiger partial charge in [0.05, 0.1) is 7.11 Å². The van der Waals surface area contributed by atoms with E-state index in [0.717, 1.165) is 4.90 Å². The number of nitrogens with one attached hydrogen (secondary N) is 1. The summed E-state index contributed by atoms with van der Waals surface area (Å²) in [6, 6.07) is 6.54. The summed E-state index contributed by atoms with van der Waals surface area (Å²) in [6.45, 7) is 1.30. The van der Waals surface area contributed by atoms with Crippen LogP contribution in [-0.2, 0) is 14.4 Å². The van der Waals surface area contributed by atoms with Crippen LogP contribution < -0.4 is 15.8 Å². The minimum atomic E-state index is -0.939. The Morgan fingerprint density at radius 3 is 2.60 bits per heavy atom. The lowest BCUT2D eigenvalue weighted by Gasteiger charge is -2.17. The van der Waals surface area contributed by atoms with Crippen molar-refractivity contribution in [2.24, 2.45) is 5.73 Å². The van der Waals surface area contributed by atoms with Crippen LogP contribution in [-0.4, -0.2) is 42.8 Å². The van der Waals surface area contributed by atoms with E-state index in [1.807, 2.05) is 0 Å². The Balaban J connectivity index is 2.78. The number of ether oxygens (including phenoxy) is 1. The number of imide groups is 1. The molecule has 1 aromatic rings. The molecule has 1 rings (SSSR count). The average Bonchev–Trinajstić information content (AvgIpc) is 2.43. The molecule has 0 saturated heterocycles. The molecule has 0 aromatic heterocycles. The van der Waals surface area contributed by atoms with Crippen LogP contribution in [0.5, 0.6) is 5.75 Å². The Morgan fingerprint density at radius 1 is 1.35 bits per heavy atom. The minimum Gasteiger partial charge on any atom is -0.497 e. The van der Waals surface area contributed by atoms with Crippen LogP contribution in [0.2, 0.25) is 0 Å². The minimum absolute atomic E-state index is 0.000300. The monoisotopic (exact) mass is 279 g/mol. The van der Waals surface area contributed by atoms with Gasteiger partial charge in [-0.05, 0) is 12.1 Å². The summed E-state index contributed by atoms with van der Waals surface area (Å²) in [5.41, 5.74) is 5.70. The van der Waals surface area contributed by atoms with Crippen LogP contribution in [0.25, 0.3) is 0 Å². The molecular formula is C13H17N3O4. The predicted molar refractivity (Wildman–Crippen MR) is 73.1 cm³/mol. The molecule has 7 heteroatoms. The number of nitrogens with two attached hydrogens (primary N) is 1. The smallest absolute Gasteiger partial charge is 0.318 e. The molecule has 0 radical (unpaired) electrons. The van der Waals surface area contributed by atoms with Gasteiger partial charge in [-0.3, -0.25) is 19.3 Å². The van der Waals surface area contributed by atoms with E-state index in [0.29, 0.717) is 11.4 Å². The quantitative estimate of drug-likeness (QED) is 0.753. The average molecular weight is 279 g/mol. The molecule has 0 bridgehead atoms. The third kappa shape index (κ3) is 4.06. The summed E-state index contributed by atoms with van der Waals surface area (Å²) in [5, 5.41) is 2.41. The van der Waals surface area contributed by atoms with Crippen molar-refractivity contribution in [2.45, 2.75) is 6.92 Å². The fourth-order valence-corrected chi connectivity index (χ4v) is 1.54. The maximum atomic E-state index is 11.8. The number of carbonyl (C=O) groups is 3. The van der Waals surface area contributed by atoms with Gasteiger partial charge in [0.2, 0.25) is 5.91 Å². The van der Waals surface area contributed by atoms with Gasteiger partial charge in [0.25, 0.3) is 0 Å². The highest BCUT2D eigenvalue weighted by Crippen LogP contribution is 2.16. The molecule has 0 heterocycles. The topological polar surface area (TPSA) is 102 Å². The molecule has 0 aliphatic heterocycles. The van der Waals surface area contributed by atoms with Crippen LogP contribution in [0.1, 0.15) is 6.92 Å². The van der Waals surface area contributed by atoms with Crippen molar-refractivity contribution < 1.29 is 19.1 Å². The molecule has 7 nitrogen and oxygen atoms in total. The van der Waals surface area contributed by atoms with Crippen molar-refractivity contribution in [3.8, 4) is 5.75 Å². The molecule has 0 saturated carbocycles. The number of hydrogen-bond acceptors (Lipinski definition) is 5. The lowest BCUT2D eigenvalue weighted by molar-refractivity contribution is -0.149. The summed E-state index contributed by atoms with van der Waals surface area (Å²) in [4.78, 5) is 35.7. The summed E-state index contributed by atoms with van der Waals surface area (Å²) in [6.07, 6.45) is 0. The SMILES string of the molecule is COc1cccc(NC(=O)C(=O)N(CCN)C(C)=O)c1. The maximum Gasteiger partial charge on any atom is 0.318 e. The lowest BCUT2D eigenvalue weighted by atomic mass is 10.3. The normalized spacial score (nSPS) is 9.75. The number of hydrogen-bond donors (Lipinski definition) is 2. The number of carbonyl (C=O) groups excluding carboxylic acids is 3. The van der Waals surface area contributed by atoms with E-state index in [9.17, 15) is 14.4 Å². The van der Waals surface area contributed by atoms with Crippen LogP contribution in [0.15, 0.2) is 24.3 Å². The van der Waals surface area contributed by atoms with E-state index in [1.165, 1.54) is 14.0 Å². The molecule has 108 valence electrons. The summed E-state index contributed by atoms with van der Waals surface area (Å²) in [5.74, 6) is -1.82. The van der Waals surface area contributed by atoms with E-state index in [1.54, 1.807) is 24.3 Å². The molecule has 1 aromatic carbocycles. The number of rotatable bonds is 4. The number of anilines is 1. The van der Waals surface area contributed by atoms with Crippen molar-refractivity contribution in [3.05, 3.63) is 24.3 Å². The van der Waals surface area contributed by atoms with Crippen molar-refractivity contribution in [2.75, 3.05) is 25.5 Å². The molecule has 0 aliphatic rings. The van der Waals surface area contributed by atoms with Crippen LogP contribution in [0.3, 0.4) is 0 Å². The standard InChI is InChI=1S/C13H17N3O4/c1-9(17)16(7-6-14)13(19)12(18)15-10-4-3-5-11(8-10)20-2/h3-5,8H,6-7,14H2,1-2H3,(H,15,18). The highest BCUT2D eigenvalue weighted by atomic mass is 16.5. The second-order valence-electron chi connectivity index (χ2n) is 3.95. The highest BCUT2D eigenvalue weighted by molar-refractivity contribution is 6.41. The number of amides is 3. The van der Waals surface area contributed by atoms with Gasteiger partial charge in [-0.2, -0.15) is 0 Å². The third-order valence-corrected chi connectivity index (χ3v) is 2.50. The van der Waals surface area contributed by atoms with Crippen LogP contribution >= 0.6 is 0 Å². The number of nitrogens with zero attached hydrogens (tertiary/aromatic N) is 1. The molecule has 3 N–H and O–H groups in total. The zero-order chi connectivity index (χ0) is 15.1. The number of benzene rings is 1. The Hall–Kier alpha value is -2.41. The molecule has 0 aliphatic carbocycles. The second kappa shape index (κ2) is 7.25. The van der Waals surface area contributed by atoms with E-state index in [4.69, 9.17) is 10.5 Å². The first kappa shape index (κ1) is 15.6. The molecular weight excluding hydrogens is 262 g/mol. The largest absolute Gasteiger partial charge is 0.497 e. The van der Waals surface area contributed by atoms with E-state index < -0.39 is 17.7 Å². The Morgan fingerprint density at radius 2 is 2.05 bits per heavy atom. The van der Waals surface area contributed by atoms with Gasteiger partial charge in [-0.15, -0.1) is 0 Å². The summed E-state index contributed by atoms with van der Waals surface area (Å²) < 4.78 is 5.00. The first-order valence-corrected chi connectivity index (χ1v) is 5.97. The van der Waals surface area contributed by atoms with Gasteiger partial charge in [-0.1, -0.05) is 6.07 Å². The summed E-state index contributed by atoms with van der Waals surface area (Å²) >= 11 is 0. The van der Waals surface area contributed by atoms with Crippen LogP contribution in [0.4, 0.5) is 5.69 Å². The van der Waals surface area contributed by atoms with Crippen molar-refractivity contribution >= 4 is 23.4 Å². The molecule has 0 spiro atoms. The first-order chi connectivity index (χ1) is 9.49. The molecule has 0 fully saturated rings. The van der Waals surface area contributed by atoms with Gasteiger partial charge >= 0.3 is 11.8 Å². The molecule has 20 heavy (non-hydrogen) atoms. The number of methoxy groups -OCH3 is 1.